The minimum Gasteiger partial charge on any atom is -0.376 e. The van der Waals surface area contributed by atoms with E-state index in [0.29, 0.717) is 6.61 Å². The SMILES string of the molecule is N#CC[C@@H](OCc1ccccc1)[C@H]([C@@H]1O[C@H](COCc2ccccc2)[C@H](OCc2ccccc2)[C@H](OCc2ccccc2)[C@H]1OCc1ccccc1)[C@@H](COCc1ccccc1)N=[N+]=[N-]. The standard InChI is InChI=1S/C54H56N4O7/c55-32-31-48(61-35-43-23-11-3-12-24-43)50(47(57-58-56)39-59-33-41-19-7-1-8-20-41)52-54(64-38-46-29-17-6-18-30-46)53(63-37-45-27-15-5-16-28-45)51(62-36-44-25-13-4-14-26-44)49(65-52)40-60-34-42-21-9-2-10-22-42/h1-30,47-54H,31,33-40H2/t47-,48-,49-,50-,51+,52+,53+,54+/m1/s1. The third-order valence-corrected chi connectivity index (χ3v) is 11.4. The zero-order valence-corrected chi connectivity index (χ0v) is 36.4. The molecule has 0 aromatic heterocycles. The normalized spacial score (nSPS) is 19.6. The Morgan fingerprint density at radius 1 is 0.523 bits per heavy atom. The first-order valence-corrected chi connectivity index (χ1v) is 22.1. The molecule has 11 heteroatoms. The highest BCUT2D eigenvalue weighted by molar-refractivity contribution is 5.18. The Hall–Kier alpha value is -6.16. The van der Waals surface area contributed by atoms with E-state index in [4.69, 9.17) is 33.2 Å². The predicted molar refractivity (Wildman–Crippen MR) is 248 cm³/mol. The number of nitriles is 1. The molecule has 6 aromatic rings. The minimum atomic E-state index is -0.897. The Morgan fingerprint density at radius 3 is 1.37 bits per heavy atom. The fraction of sp³-hybridized carbons (Fsp3) is 0.315. The van der Waals surface area contributed by atoms with Gasteiger partial charge in [0.1, 0.15) is 24.4 Å². The predicted octanol–water partition coefficient (Wildman–Crippen LogP) is 10.7. The number of benzene rings is 6. The van der Waals surface area contributed by atoms with Gasteiger partial charge in [-0.25, -0.2) is 0 Å². The van der Waals surface area contributed by atoms with Gasteiger partial charge in [-0.2, -0.15) is 5.26 Å². The quantitative estimate of drug-likeness (QED) is 0.0315. The highest BCUT2D eigenvalue weighted by atomic mass is 16.6. The minimum absolute atomic E-state index is 0.00413. The van der Waals surface area contributed by atoms with Gasteiger partial charge in [-0.1, -0.05) is 187 Å². The van der Waals surface area contributed by atoms with Gasteiger partial charge in [0.15, 0.2) is 0 Å². The van der Waals surface area contributed by atoms with Gasteiger partial charge in [-0.05, 0) is 38.9 Å². The fourth-order valence-electron chi connectivity index (χ4n) is 8.15. The molecule has 0 N–H and O–H groups in total. The molecule has 0 bridgehead atoms. The van der Waals surface area contributed by atoms with E-state index < -0.39 is 48.6 Å². The number of ether oxygens (including phenoxy) is 7. The van der Waals surface area contributed by atoms with E-state index in [2.05, 4.69) is 16.1 Å². The first kappa shape index (κ1) is 46.8. The maximum Gasteiger partial charge on any atom is 0.115 e. The molecule has 0 saturated carbocycles. The monoisotopic (exact) mass is 872 g/mol. The van der Waals surface area contributed by atoms with Gasteiger partial charge in [0.05, 0.1) is 83.6 Å². The summed E-state index contributed by atoms with van der Waals surface area (Å²) in [6.07, 6.45) is -4.79. The van der Waals surface area contributed by atoms with Crippen LogP contribution in [0.1, 0.15) is 39.8 Å². The number of azide groups is 1. The summed E-state index contributed by atoms with van der Waals surface area (Å²) in [5.41, 5.74) is 16.0. The van der Waals surface area contributed by atoms with Crippen molar-refractivity contribution in [3.63, 3.8) is 0 Å². The van der Waals surface area contributed by atoms with E-state index in [1.54, 1.807) is 0 Å². The second-order valence-corrected chi connectivity index (χ2v) is 16.0. The number of hydrogen-bond donors (Lipinski definition) is 0. The summed E-state index contributed by atoms with van der Waals surface area (Å²) in [6.45, 7) is 1.63. The van der Waals surface area contributed by atoms with Crippen LogP contribution in [0.4, 0.5) is 0 Å². The van der Waals surface area contributed by atoms with Crippen LogP contribution in [0, 0.1) is 17.2 Å². The average Bonchev–Trinajstić information content (AvgIpc) is 3.36. The lowest BCUT2D eigenvalue weighted by molar-refractivity contribution is -0.289. The molecule has 1 fully saturated rings. The van der Waals surface area contributed by atoms with Crippen LogP contribution in [-0.4, -0.2) is 55.9 Å². The van der Waals surface area contributed by atoms with Gasteiger partial charge in [0, 0.05) is 10.8 Å². The molecule has 0 amide bonds. The molecule has 65 heavy (non-hydrogen) atoms. The van der Waals surface area contributed by atoms with Crippen molar-refractivity contribution in [3.05, 3.63) is 226 Å². The fourth-order valence-corrected chi connectivity index (χ4v) is 8.15. The lowest BCUT2D eigenvalue weighted by atomic mass is 9.79. The lowest BCUT2D eigenvalue weighted by Gasteiger charge is -2.50. The second-order valence-electron chi connectivity index (χ2n) is 16.0. The van der Waals surface area contributed by atoms with Crippen molar-refractivity contribution < 1.29 is 33.2 Å². The van der Waals surface area contributed by atoms with Crippen molar-refractivity contribution in [1.82, 2.24) is 0 Å². The Morgan fingerprint density at radius 2 is 0.923 bits per heavy atom. The molecule has 0 spiro atoms. The molecule has 0 aliphatic carbocycles. The Balaban J connectivity index is 1.32. The number of nitrogens with zero attached hydrogens (tertiary/aromatic N) is 4. The van der Waals surface area contributed by atoms with Crippen LogP contribution in [0.3, 0.4) is 0 Å². The lowest BCUT2D eigenvalue weighted by Crippen LogP contribution is -2.65. The van der Waals surface area contributed by atoms with Gasteiger partial charge in [0.2, 0.25) is 0 Å². The van der Waals surface area contributed by atoms with Crippen LogP contribution in [0.5, 0.6) is 0 Å². The second kappa shape index (κ2) is 26.0. The largest absolute Gasteiger partial charge is 0.376 e. The summed E-state index contributed by atoms with van der Waals surface area (Å²) >= 11 is 0. The topological polar surface area (TPSA) is 137 Å². The van der Waals surface area contributed by atoms with Gasteiger partial charge < -0.3 is 33.2 Å². The van der Waals surface area contributed by atoms with Crippen LogP contribution in [0.2, 0.25) is 0 Å². The molecule has 6 aromatic carbocycles. The Bertz CT molecular complexity index is 2320. The first-order valence-electron chi connectivity index (χ1n) is 22.1. The summed E-state index contributed by atoms with van der Waals surface area (Å²) in [6, 6.07) is 60.8. The molecule has 7 rings (SSSR count). The van der Waals surface area contributed by atoms with Crippen molar-refractivity contribution in [2.75, 3.05) is 13.2 Å². The van der Waals surface area contributed by atoms with Crippen molar-refractivity contribution >= 4 is 0 Å². The number of hydrogen-bond acceptors (Lipinski definition) is 9. The van der Waals surface area contributed by atoms with E-state index in [-0.39, 0.29) is 52.7 Å². The molecule has 0 unspecified atom stereocenters. The van der Waals surface area contributed by atoms with Crippen molar-refractivity contribution in [3.8, 4) is 6.07 Å². The maximum atomic E-state index is 10.5. The molecule has 11 nitrogen and oxygen atoms in total. The van der Waals surface area contributed by atoms with Crippen LogP contribution < -0.4 is 0 Å². The van der Waals surface area contributed by atoms with Crippen LogP contribution in [-0.2, 0) is 72.8 Å². The molecule has 1 heterocycles. The van der Waals surface area contributed by atoms with E-state index in [1.165, 1.54) is 0 Å². The van der Waals surface area contributed by atoms with Gasteiger partial charge in [0.25, 0.3) is 0 Å². The summed E-state index contributed by atoms with van der Waals surface area (Å²) < 4.78 is 48.0. The molecular formula is C54H56N4O7. The molecule has 0 radical (unpaired) electrons. The summed E-state index contributed by atoms with van der Waals surface area (Å²) in [5, 5.41) is 14.9. The molecule has 334 valence electrons. The van der Waals surface area contributed by atoms with Gasteiger partial charge >= 0.3 is 0 Å². The number of rotatable bonds is 25. The van der Waals surface area contributed by atoms with Crippen LogP contribution in [0.15, 0.2) is 187 Å². The first-order chi connectivity index (χ1) is 32.2. The Kier molecular flexibility index (Phi) is 18.7. The van der Waals surface area contributed by atoms with E-state index in [0.717, 1.165) is 33.4 Å². The third-order valence-electron chi connectivity index (χ3n) is 11.4. The van der Waals surface area contributed by atoms with Gasteiger partial charge in [-0.3, -0.25) is 0 Å². The molecule has 1 aliphatic rings. The summed E-state index contributed by atoms with van der Waals surface area (Å²) in [4.78, 5) is 3.36. The molecule has 8 atom stereocenters. The van der Waals surface area contributed by atoms with Crippen LogP contribution in [0.25, 0.3) is 10.4 Å². The van der Waals surface area contributed by atoms with E-state index >= 15 is 0 Å². The summed E-state index contributed by atoms with van der Waals surface area (Å²) in [5.74, 6) is -0.791. The average molecular weight is 873 g/mol. The highest BCUT2D eigenvalue weighted by Gasteiger charge is 2.54. The van der Waals surface area contributed by atoms with Gasteiger partial charge in [-0.15, -0.1) is 0 Å². The van der Waals surface area contributed by atoms with Crippen molar-refractivity contribution in [2.24, 2.45) is 11.0 Å². The molecular weight excluding hydrogens is 817 g/mol. The maximum absolute atomic E-state index is 10.5. The summed E-state index contributed by atoms with van der Waals surface area (Å²) in [7, 11) is 0. The van der Waals surface area contributed by atoms with Crippen molar-refractivity contribution in [1.29, 1.82) is 5.26 Å². The van der Waals surface area contributed by atoms with Crippen molar-refractivity contribution in [2.45, 2.75) is 88.7 Å². The zero-order valence-electron chi connectivity index (χ0n) is 36.4. The molecule has 1 aliphatic heterocycles. The highest BCUT2D eigenvalue weighted by Crippen LogP contribution is 2.39. The van der Waals surface area contributed by atoms with E-state index in [1.807, 2.05) is 182 Å². The smallest absolute Gasteiger partial charge is 0.115 e. The Labute approximate surface area is 382 Å². The van der Waals surface area contributed by atoms with Crippen LogP contribution >= 0.6 is 0 Å². The molecule has 1 saturated heterocycles. The van der Waals surface area contributed by atoms with E-state index in [9.17, 15) is 10.8 Å². The third kappa shape index (κ3) is 14.4. The zero-order chi connectivity index (χ0) is 44.7.